The van der Waals surface area contributed by atoms with E-state index in [0.29, 0.717) is 0 Å². The third kappa shape index (κ3) is 10.5. The molecule has 1 aliphatic heterocycles. The topological polar surface area (TPSA) is 69.2 Å². The van der Waals surface area contributed by atoms with Crippen molar-refractivity contribution >= 4 is 35.8 Å². The first-order valence-corrected chi connectivity index (χ1v) is 10.2. The first-order valence-electron chi connectivity index (χ1n) is 10.2. The number of hydrogen-bond donors (Lipinski definition) is 2. The highest BCUT2D eigenvalue weighted by atomic mass is 127. The second-order valence-corrected chi connectivity index (χ2v) is 7.55. The van der Waals surface area contributed by atoms with Gasteiger partial charge in [-0.2, -0.15) is 0 Å². The Labute approximate surface area is 181 Å². The lowest BCUT2D eigenvalue weighted by molar-refractivity contribution is -0.127. The van der Waals surface area contributed by atoms with Crippen LogP contribution in [0.15, 0.2) is 4.99 Å². The smallest absolute Gasteiger partial charge is 0.243 e. The number of aliphatic imine (C=N–C) groups is 1. The summed E-state index contributed by atoms with van der Waals surface area (Å²) in [6.45, 7) is 6.50. The van der Waals surface area contributed by atoms with Crippen molar-refractivity contribution in [1.82, 2.24) is 20.4 Å². The monoisotopic (exact) mass is 495 g/mol. The largest absolute Gasteiger partial charge is 0.379 e. The van der Waals surface area contributed by atoms with Crippen molar-refractivity contribution in [3.05, 3.63) is 0 Å². The van der Waals surface area contributed by atoms with Gasteiger partial charge in [0.2, 0.25) is 5.91 Å². The summed E-state index contributed by atoms with van der Waals surface area (Å²) in [5, 5.41) is 6.78. The average Bonchev–Trinajstić information content (AvgIpc) is 3.16. The second-order valence-electron chi connectivity index (χ2n) is 7.55. The van der Waals surface area contributed by atoms with Gasteiger partial charge in [-0.05, 0) is 18.8 Å². The van der Waals surface area contributed by atoms with Gasteiger partial charge in [0, 0.05) is 46.8 Å². The molecule has 0 aromatic heterocycles. The fourth-order valence-electron chi connectivity index (χ4n) is 3.52. The quantitative estimate of drug-likeness (QED) is 0.220. The van der Waals surface area contributed by atoms with Crippen LogP contribution in [0, 0.1) is 5.92 Å². The number of carbonyl (C=O) groups excluding carboxylic acids is 1. The summed E-state index contributed by atoms with van der Waals surface area (Å²) >= 11 is 0. The number of hydrogen-bond acceptors (Lipinski definition) is 4. The molecule has 2 rings (SSSR count). The van der Waals surface area contributed by atoms with E-state index in [0.717, 1.165) is 64.2 Å². The van der Waals surface area contributed by atoms with Gasteiger partial charge < -0.3 is 20.3 Å². The molecule has 1 aliphatic carbocycles. The van der Waals surface area contributed by atoms with Crippen LogP contribution in [-0.2, 0) is 9.53 Å². The highest BCUT2D eigenvalue weighted by Gasteiger charge is 2.14. The van der Waals surface area contributed by atoms with Crippen LogP contribution < -0.4 is 10.6 Å². The number of amides is 1. The fraction of sp³-hybridized carbons (Fsp3) is 0.895. The molecule has 0 aromatic rings. The minimum atomic E-state index is 0. The van der Waals surface area contributed by atoms with Crippen LogP contribution in [0.25, 0.3) is 0 Å². The lowest BCUT2D eigenvalue weighted by Crippen LogP contribution is -2.45. The number of nitrogens with one attached hydrogen (secondary N) is 2. The normalized spacial score (nSPS) is 18.8. The maximum absolute atomic E-state index is 11.8. The van der Waals surface area contributed by atoms with E-state index in [1.807, 2.05) is 0 Å². The molecule has 0 radical (unpaired) electrons. The Morgan fingerprint density at radius 2 is 1.81 bits per heavy atom. The first kappa shape index (κ1) is 24.4. The molecule has 0 atom stereocenters. The maximum atomic E-state index is 11.8. The summed E-state index contributed by atoms with van der Waals surface area (Å²) in [5.74, 6) is 1.69. The van der Waals surface area contributed by atoms with E-state index in [-0.39, 0.29) is 36.4 Å². The summed E-state index contributed by atoms with van der Waals surface area (Å²) in [6, 6.07) is 0. The zero-order valence-corrected chi connectivity index (χ0v) is 19.4. The van der Waals surface area contributed by atoms with Gasteiger partial charge in [0.05, 0.1) is 13.2 Å². The molecule has 0 aromatic carbocycles. The lowest BCUT2D eigenvalue weighted by atomic mass is 10.0. The highest BCUT2D eigenvalue weighted by molar-refractivity contribution is 14.0. The van der Waals surface area contributed by atoms with Gasteiger partial charge in [0.1, 0.15) is 6.54 Å². The van der Waals surface area contributed by atoms with E-state index in [4.69, 9.17) is 4.74 Å². The Morgan fingerprint density at radius 1 is 1.15 bits per heavy atom. The Hall–Kier alpha value is -0.610. The molecule has 1 amide bonds. The van der Waals surface area contributed by atoms with E-state index >= 15 is 0 Å². The highest BCUT2D eigenvalue weighted by Crippen LogP contribution is 2.28. The van der Waals surface area contributed by atoms with E-state index in [1.165, 1.54) is 32.1 Å². The zero-order chi connectivity index (χ0) is 18.6. The molecule has 158 valence electrons. The Morgan fingerprint density at radius 3 is 2.48 bits per heavy atom. The Balaban J connectivity index is 0.00000364. The Kier molecular flexibility index (Phi) is 13.0. The Bertz CT molecular complexity index is 436. The number of carbonyl (C=O) groups is 1. The van der Waals surface area contributed by atoms with Crippen LogP contribution in [-0.4, -0.2) is 88.2 Å². The van der Waals surface area contributed by atoms with Crippen molar-refractivity contribution in [2.75, 3.05) is 66.6 Å². The van der Waals surface area contributed by atoms with Crippen molar-refractivity contribution in [2.24, 2.45) is 10.9 Å². The molecule has 0 bridgehead atoms. The van der Waals surface area contributed by atoms with Crippen molar-refractivity contribution in [1.29, 1.82) is 0 Å². The molecule has 0 unspecified atom stereocenters. The fourth-order valence-corrected chi connectivity index (χ4v) is 3.52. The third-order valence-electron chi connectivity index (χ3n) is 5.25. The van der Waals surface area contributed by atoms with Crippen molar-refractivity contribution in [3.8, 4) is 0 Å². The van der Waals surface area contributed by atoms with E-state index in [1.54, 1.807) is 19.0 Å². The van der Waals surface area contributed by atoms with Gasteiger partial charge >= 0.3 is 0 Å². The van der Waals surface area contributed by atoms with E-state index in [2.05, 4.69) is 20.5 Å². The molecule has 0 spiro atoms. The SMILES string of the molecule is CN(C)C(=O)CN=C(NCCCC1CCCC1)NCCN1CCOCC1.I. The number of morpholine rings is 1. The second kappa shape index (κ2) is 14.4. The predicted molar refractivity (Wildman–Crippen MR) is 121 cm³/mol. The lowest BCUT2D eigenvalue weighted by Gasteiger charge is -2.26. The van der Waals surface area contributed by atoms with Crippen LogP contribution in [0.5, 0.6) is 0 Å². The number of guanidine groups is 1. The van der Waals surface area contributed by atoms with Crippen LogP contribution in [0.2, 0.25) is 0 Å². The molecular weight excluding hydrogens is 457 g/mol. The van der Waals surface area contributed by atoms with E-state index in [9.17, 15) is 4.79 Å². The number of rotatable bonds is 9. The number of halogens is 1. The van der Waals surface area contributed by atoms with Crippen LogP contribution in [0.3, 0.4) is 0 Å². The van der Waals surface area contributed by atoms with Crippen molar-refractivity contribution in [2.45, 2.75) is 38.5 Å². The van der Waals surface area contributed by atoms with Gasteiger partial charge in [-0.15, -0.1) is 24.0 Å². The van der Waals surface area contributed by atoms with Crippen molar-refractivity contribution in [3.63, 3.8) is 0 Å². The van der Waals surface area contributed by atoms with Gasteiger partial charge in [-0.25, -0.2) is 4.99 Å². The molecule has 1 heterocycles. The third-order valence-corrected chi connectivity index (χ3v) is 5.25. The predicted octanol–water partition coefficient (Wildman–Crippen LogP) is 1.53. The summed E-state index contributed by atoms with van der Waals surface area (Å²) in [5.41, 5.74) is 0. The summed E-state index contributed by atoms with van der Waals surface area (Å²) < 4.78 is 5.38. The van der Waals surface area contributed by atoms with Crippen LogP contribution in [0.1, 0.15) is 38.5 Å². The molecule has 1 saturated carbocycles. The summed E-state index contributed by atoms with van der Waals surface area (Å²) in [7, 11) is 3.52. The average molecular weight is 495 g/mol. The minimum Gasteiger partial charge on any atom is -0.379 e. The molecule has 1 saturated heterocycles. The molecule has 7 nitrogen and oxygen atoms in total. The molecule has 27 heavy (non-hydrogen) atoms. The van der Waals surface area contributed by atoms with Gasteiger partial charge in [0.15, 0.2) is 5.96 Å². The summed E-state index contributed by atoms with van der Waals surface area (Å²) in [6.07, 6.45) is 8.06. The molecule has 2 N–H and O–H groups in total. The molecule has 2 aliphatic rings. The van der Waals surface area contributed by atoms with Gasteiger partial charge in [-0.1, -0.05) is 25.7 Å². The van der Waals surface area contributed by atoms with Crippen LogP contribution in [0.4, 0.5) is 0 Å². The standard InChI is InChI=1S/C19H37N5O2.HI/c1-23(2)18(25)16-22-19(20-9-5-8-17-6-3-4-7-17)21-10-11-24-12-14-26-15-13-24;/h17H,3-16H2,1-2H3,(H2,20,21,22);1H. The molecule has 2 fully saturated rings. The molecular formula is C19H38IN5O2. The van der Waals surface area contributed by atoms with Crippen LogP contribution >= 0.6 is 24.0 Å². The maximum Gasteiger partial charge on any atom is 0.243 e. The van der Waals surface area contributed by atoms with Gasteiger partial charge in [0.25, 0.3) is 0 Å². The molecule has 8 heteroatoms. The first-order chi connectivity index (χ1) is 12.6. The summed E-state index contributed by atoms with van der Waals surface area (Å²) in [4.78, 5) is 20.2. The zero-order valence-electron chi connectivity index (χ0n) is 17.0. The number of ether oxygens (including phenoxy) is 1. The van der Waals surface area contributed by atoms with E-state index < -0.39 is 0 Å². The van der Waals surface area contributed by atoms with Crippen molar-refractivity contribution < 1.29 is 9.53 Å². The minimum absolute atomic E-state index is 0. The van der Waals surface area contributed by atoms with Gasteiger partial charge in [-0.3, -0.25) is 9.69 Å². The number of nitrogens with zero attached hydrogens (tertiary/aromatic N) is 3. The number of likely N-dealkylation sites (N-methyl/N-ethyl adjacent to an activating group) is 1.